The first kappa shape index (κ1) is 12.0. The first-order valence-corrected chi connectivity index (χ1v) is 5.94. The number of ether oxygens (including phenoxy) is 1. The van der Waals surface area contributed by atoms with Gasteiger partial charge in [0.2, 0.25) is 0 Å². The Labute approximate surface area is 102 Å². The van der Waals surface area contributed by atoms with E-state index in [1.54, 1.807) is 18.2 Å². The molecule has 0 spiro atoms. The normalized spacial score (nSPS) is 12.7. The molecule has 0 fully saturated rings. The minimum Gasteiger partial charge on any atom is -0.434 e. The van der Waals surface area contributed by atoms with Crippen LogP contribution in [0.1, 0.15) is 17.2 Å². The zero-order chi connectivity index (χ0) is 12.3. The Morgan fingerprint density at radius 2 is 1.94 bits per heavy atom. The SMILES string of the molecule is N[C@@H](c1ccsc1)c1ccccc1OC(F)F. The van der Waals surface area contributed by atoms with E-state index in [0.29, 0.717) is 5.56 Å². The van der Waals surface area contributed by atoms with Crippen molar-refractivity contribution < 1.29 is 13.5 Å². The Kier molecular flexibility index (Phi) is 3.71. The average molecular weight is 255 g/mol. The van der Waals surface area contributed by atoms with Gasteiger partial charge in [-0.2, -0.15) is 20.1 Å². The van der Waals surface area contributed by atoms with Crippen LogP contribution in [0.2, 0.25) is 0 Å². The van der Waals surface area contributed by atoms with E-state index in [2.05, 4.69) is 4.74 Å². The van der Waals surface area contributed by atoms with Gasteiger partial charge in [-0.15, -0.1) is 0 Å². The van der Waals surface area contributed by atoms with Crippen LogP contribution in [0.4, 0.5) is 8.78 Å². The van der Waals surface area contributed by atoms with Crippen molar-refractivity contribution in [2.45, 2.75) is 12.7 Å². The van der Waals surface area contributed by atoms with Crippen LogP contribution in [0.15, 0.2) is 41.1 Å². The molecule has 1 atom stereocenters. The lowest BCUT2D eigenvalue weighted by Crippen LogP contribution is -2.14. The molecule has 0 aliphatic heterocycles. The molecule has 2 aromatic rings. The molecule has 1 aromatic carbocycles. The predicted octanol–water partition coefficient (Wildman–Crippen LogP) is 3.40. The molecule has 1 heterocycles. The Bertz CT molecular complexity index is 473. The number of halogens is 2. The van der Waals surface area contributed by atoms with Gasteiger partial charge in [-0.05, 0) is 28.5 Å². The monoisotopic (exact) mass is 255 g/mol. The van der Waals surface area contributed by atoms with Crippen molar-refractivity contribution in [2.24, 2.45) is 5.73 Å². The second kappa shape index (κ2) is 5.25. The van der Waals surface area contributed by atoms with Crippen molar-refractivity contribution in [1.29, 1.82) is 0 Å². The fraction of sp³-hybridized carbons (Fsp3) is 0.167. The number of alkyl halides is 2. The summed E-state index contributed by atoms with van der Waals surface area (Å²) in [5, 5.41) is 3.79. The Balaban J connectivity index is 2.31. The molecule has 0 radical (unpaired) electrons. The molecule has 0 unspecified atom stereocenters. The van der Waals surface area contributed by atoms with Gasteiger partial charge in [0.1, 0.15) is 5.75 Å². The van der Waals surface area contributed by atoms with E-state index in [0.717, 1.165) is 5.56 Å². The van der Waals surface area contributed by atoms with E-state index in [9.17, 15) is 8.78 Å². The molecule has 0 saturated carbocycles. The summed E-state index contributed by atoms with van der Waals surface area (Å²) in [6.07, 6.45) is 0. The zero-order valence-electron chi connectivity index (χ0n) is 8.85. The van der Waals surface area contributed by atoms with E-state index in [1.807, 2.05) is 16.8 Å². The van der Waals surface area contributed by atoms with Crippen molar-refractivity contribution in [3.05, 3.63) is 52.2 Å². The second-order valence-corrected chi connectivity index (χ2v) is 4.23. The number of hydrogen-bond acceptors (Lipinski definition) is 3. The topological polar surface area (TPSA) is 35.2 Å². The maximum atomic E-state index is 12.2. The number of thiophene rings is 1. The molecule has 0 amide bonds. The zero-order valence-corrected chi connectivity index (χ0v) is 9.66. The highest BCUT2D eigenvalue weighted by Gasteiger charge is 2.16. The summed E-state index contributed by atoms with van der Waals surface area (Å²) in [7, 11) is 0. The summed E-state index contributed by atoms with van der Waals surface area (Å²) in [5.41, 5.74) is 7.47. The van der Waals surface area contributed by atoms with E-state index in [-0.39, 0.29) is 5.75 Å². The fourth-order valence-electron chi connectivity index (χ4n) is 1.57. The van der Waals surface area contributed by atoms with Crippen LogP contribution in [0.25, 0.3) is 0 Å². The van der Waals surface area contributed by atoms with Crippen LogP contribution in [0.3, 0.4) is 0 Å². The van der Waals surface area contributed by atoms with Gasteiger partial charge in [-0.25, -0.2) is 0 Å². The Morgan fingerprint density at radius 3 is 2.59 bits per heavy atom. The fourth-order valence-corrected chi connectivity index (χ4v) is 2.27. The first-order chi connectivity index (χ1) is 8.18. The summed E-state index contributed by atoms with van der Waals surface area (Å²) in [5.74, 6) is 0.126. The summed E-state index contributed by atoms with van der Waals surface area (Å²) in [6, 6.07) is 8.00. The maximum Gasteiger partial charge on any atom is 0.387 e. The molecular weight excluding hydrogens is 244 g/mol. The standard InChI is InChI=1S/C12H11F2NOS/c13-12(14)16-10-4-2-1-3-9(10)11(15)8-5-6-17-7-8/h1-7,11-12H,15H2/t11-/m0/s1. The lowest BCUT2D eigenvalue weighted by molar-refractivity contribution is -0.0505. The molecule has 0 bridgehead atoms. The van der Waals surface area contributed by atoms with Gasteiger partial charge in [0.05, 0.1) is 6.04 Å². The number of hydrogen-bond donors (Lipinski definition) is 1. The predicted molar refractivity (Wildman–Crippen MR) is 63.4 cm³/mol. The molecule has 2 rings (SSSR count). The molecule has 2 nitrogen and oxygen atoms in total. The summed E-state index contributed by atoms with van der Waals surface area (Å²) < 4.78 is 28.9. The van der Waals surface area contributed by atoms with Crippen molar-refractivity contribution in [3.63, 3.8) is 0 Å². The summed E-state index contributed by atoms with van der Waals surface area (Å²) in [6.45, 7) is -2.84. The van der Waals surface area contributed by atoms with Crippen LogP contribution in [0.5, 0.6) is 5.75 Å². The maximum absolute atomic E-state index is 12.2. The van der Waals surface area contributed by atoms with Crippen LogP contribution >= 0.6 is 11.3 Å². The van der Waals surface area contributed by atoms with Gasteiger partial charge < -0.3 is 10.5 Å². The third-order valence-corrected chi connectivity index (χ3v) is 3.07. The molecule has 5 heteroatoms. The van der Waals surface area contributed by atoms with Crippen LogP contribution in [-0.4, -0.2) is 6.61 Å². The molecule has 0 aliphatic carbocycles. The number of benzene rings is 1. The van der Waals surface area contributed by atoms with Crippen molar-refractivity contribution in [2.75, 3.05) is 0 Å². The highest BCUT2D eigenvalue weighted by molar-refractivity contribution is 7.08. The molecule has 17 heavy (non-hydrogen) atoms. The lowest BCUT2D eigenvalue weighted by atomic mass is 10.0. The van der Waals surface area contributed by atoms with Crippen LogP contribution < -0.4 is 10.5 Å². The minimum absolute atomic E-state index is 0.126. The third-order valence-electron chi connectivity index (χ3n) is 2.37. The summed E-state index contributed by atoms with van der Waals surface area (Å²) in [4.78, 5) is 0. The smallest absolute Gasteiger partial charge is 0.387 e. The number of rotatable bonds is 4. The van der Waals surface area contributed by atoms with Gasteiger partial charge in [0, 0.05) is 5.56 Å². The Hall–Kier alpha value is -1.46. The minimum atomic E-state index is -2.84. The van der Waals surface area contributed by atoms with E-state index in [4.69, 9.17) is 5.73 Å². The quantitative estimate of drug-likeness (QED) is 0.908. The van der Waals surface area contributed by atoms with Crippen LogP contribution in [-0.2, 0) is 0 Å². The summed E-state index contributed by atoms with van der Waals surface area (Å²) >= 11 is 1.51. The van der Waals surface area contributed by atoms with Gasteiger partial charge in [0.25, 0.3) is 0 Å². The van der Waals surface area contributed by atoms with E-state index < -0.39 is 12.7 Å². The third kappa shape index (κ3) is 2.81. The highest BCUT2D eigenvalue weighted by atomic mass is 32.1. The second-order valence-electron chi connectivity index (χ2n) is 3.45. The molecule has 0 aliphatic rings. The van der Waals surface area contributed by atoms with Crippen molar-refractivity contribution >= 4 is 11.3 Å². The average Bonchev–Trinajstić information content (AvgIpc) is 2.81. The van der Waals surface area contributed by atoms with E-state index >= 15 is 0 Å². The highest BCUT2D eigenvalue weighted by Crippen LogP contribution is 2.30. The molecule has 1 aromatic heterocycles. The molecule has 90 valence electrons. The largest absolute Gasteiger partial charge is 0.434 e. The van der Waals surface area contributed by atoms with E-state index in [1.165, 1.54) is 17.4 Å². The molecule has 2 N–H and O–H groups in total. The van der Waals surface area contributed by atoms with Gasteiger partial charge >= 0.3 is 6.61 Å². The van der Waals surface area contributed by atoms with Crippen molar-refractivity contribution in [3.8, 4) is 5.75 Å². The molecule has 0 saturated heterocycles. The van der Waals surface area contributed by atoms with Gasteiger partial charge in [0.15, 0.2) is 0 Å². The van der Waals surface area contributed by atoms with Crippen molar-refractivity contribution in [1.82, 2.24) is 0 Å². The Morgan fingerprint density at radius 1 is 1.18 bits per heavy atom. The molecular formula is C12H11F2NOS. The van der Waals surface area contributed by atoms with Gasteiger partial charge in [-0.1, -0.05) is 18.2 Å². The lowest BCUT2D eigenvalue weighted by Gasteiger charge is -2.15. The first-order valence-electron chi connectivity index (χ1n) is 5.00. The van der Waals surface area contributed by atoms with Crippen LogP contribution in [0, 0.1) is 0 Å². The van der Waals surface area contributed by atoms with Gasteiger partial charge in [-0.3, -0.25) is 0 Å². The number of nitrogens with two attached hydrogens (primary N) is 1. The number of para-hydroxylation sites is 1.